The van der Waals surface area contributed by atoms with Crippen LogP contribution in [0.5, 0.6) is 0 Å². The molecule has 0 amide bonds. The van der Waals surface area contributed by atoms with Crippen LogP contribution in [0.2, 0.25) is 5.02 Å². The second-order valence-corrected chi connectivity index (χ2v) is 6.87. The van der Waals surface area contributed by atoms with Gasteiger partial charge in [-0.3, -0.25) is 9.89 Å². The highest BCUT2D eigenvalue weighted by Gasteiger charge is 2.22. The minimum atomic E-state index is 0.148. The summed E-state index contributed by atoms with van der Waals surface area (Å²) in [7, 11) is 0. The lowest BCUT2D eigenvalue weighted by atomic mass is 10.0. The average molecular weight is 373 g/mol. The summed E-state index contributed by atoms with van der Waals surface area (Å²) in [6, 6.07) is 16.2. The van der Waals surface area contributed by atoms with Crippen LogP contribution in [0.3, 0.4) is 0 Å². The van der Waals surface area contributed by atoms with Crippen molar-refractivity contribution >= 4 is 23.2 Å². The zero-order valence-electron chi connectivity index (χ0n) is 15.0. The van der Waals surface area contributed by atoms with E-state index in [-0.39, 0.29) is 6.04 Å². The van der Waals surface area contributed by atoms with Gasteiger partial charge in [0.05, 0.1) is 25.8 Å². The van der Waals surface area contributed by atoms with Crippen molar-refractivity contribution in [2.75, 3.05) is 38.2 Å². The van der Waals surface area contributed by atoms with E-state index in [9.17, 15) is 0 Å². The zero-order chi connectivity index (χ0) is 18.4. The molecule has 3 N–H and O–H groups in total. The number of morpholine rings is 1. The van der Waals surface area contributed by atoms with E-state index in [1.807, 2.05) is 36.4 Å². The lowest BCUT2D eigenvalue weighted by Gasteiger charge is -2.34. The zero-order valence-corrected chi connectivity index (χ0v) is 15.7. The van der Waals surface area contributed by atoms with Gasteiger partial charge in [-0.1, -0.05) is 41.4 Å². The van der Waals surface area contributed by atoms with Crippen molar-refractivity contribution in [1.29, 1.82) is 0 Å². The molecular weight excluding hydrogens is 348 g/mol. The van der Waals surface area contributed by atoms with Crippen molar-refractivity contribution in [3.63, 3.8) is 0 Å². The number of hydrogen-bond acceptors (Lipinski definition) is 3. The van der Waals surface area contributed by atoms with Gasteiger partial charge in [0, 0.05) is 23.8 Å². The molecular formula is C20H25ClN4O. The first kappa shape index (κ1) is 18.7. The fourth-order valence-corrected chi connectivity index (χ4v) is 3.14. The quantitative estimate of drug-likeness (QED) is 0.623. The van der Waals surface area contributed by atoms with Crippen LogP contribution in [0.25, 0.3) is 0 Å². The van der Waals surface area contributed by atoms with Gasteiger partial charge in [0.25, 0.3) is 0 Å². The third kappa shape index (κ3) is 5.21. The minimum absolute atomic E-state index is 0.148. The highest BCUT2D eigenvalue weighted by atomic mass is 35.5. The second kappa shape index (κ2) is 9.03. The number of ether oxygens (including phenoxy) is 1. The molecule has 3 rings (SSSR count). The molecule has 1 saturated heterocycles. The predicted octanol–water partition coefficient (Wildman–Crippen LogP) is 3.45. The standard InChI is InChI=1S/C20H25ClN4O/c1-15-2-8-18(9-3-15)24-20(22)23-14-19(25-10-12-26-13-11-25)16-4-6-17(21)7-5-16/h2-9,19H,10-14H2,1H3,(H3,22,23,24). The lowest BCUT2D eigenvalue weighted by molar-refractivity contribution is 0.0180. The molecule has 1 aliphatic heterocycles. The summed E-state index contributed by atoms with van der Waals surface area (Å²) in [5.41, 5.74) is 9.43. The van der Waals surface area contributed by atoms with E-state index in [1.165, 1.54) is 11.1 Å². The molecule has 1 fully saturated rings. The predicted molar refractivity (Wildman–Crippen MR) is 108 cm³/mol. The number of nitrogens with one attached hydrogen (secondary N) is 1. The first-order valence-corrected chi connectivity index (χ1v) is 9.20. The molecule has 26 heavy (non-hydrogen) atoms. The van der Waals surface area contributed by atoms with Crippen LogP contribution in [-0.4, -0.2) is 43.7 Å². The summed E-state index contributed by atoms with van der Waals surface area (Å²) in [5.74, 6) is 0.418. The second-order valence-electron chi connectivity index (χ2n) is 6.43. The maximum absolute atomic E-state index is 6.10. The number of benzene rings is 2. The molecule has 2 aromatic rings. The summed E-state index contributed by atoms with van der Waals surface area (Å²) in [6.07, 6.45) is 0. The molecule has 0 aromatic heterocycles. The Morgan fingerprint density at radius 2 is 1.81 bits per heavy atom. The lowest BCUT2D eigenvalue weighted by Crippen LogP contribution is -2.40. The summed E-state index contributed by atoms with van der Waals surface area (Å²) < 4.78 is 5.48. The summed E-state index contributed by atoms with van der Waals surface area (Å²) in [6.45, 7) is 5.88. The van der Waals surface area contributed by atoms with E-state index < -0.39 is 0 Å². The molecule has 5 nitrogen and oxygen atoms in total. The maximum Gasteiger partial charge on any atom is 0.193 e. The summed E-state index contributed by atoms with van der Waals surface area (Å²) >= 11 is 6.04. The van der Waals surface area contributed by atoms with Crippen molar-refractivity contribution in [2.24, 2.45) is 10.7 Å². The van der Waals surface area contributed by atoms with Gasteiger partial charge in [-0.25, -0.2) is 0 Å². The van der Waals surface area contributed by atoms with Crippen LogP contribution in [0, 0.1) is 6.92 Å². The summed E-state index contributed by atoms with van der Waals surface area (Å²) in [5, 5.41) is 3.89. The van der Waals surface area contributed by atoms with Crippen LogP contribution in [-0.2, 0) is 4.74 Å². The van der Waals surface area contributed by atoms with Crippen LogP contribution >= 0.6 is 11.6 Å². The fraction of sp³-hybridized carbons (Fsp3) is 0.350. The Balaban J connectivity index is 1.71. The van der Waals surface area contributed by atoms with Crippen molar-refractivity contribution < 1.29 is 4.74 Å². The van der Waals surface area contributed by atoms with E-state index in [0.29, 0.717) is 12.5 Å². The molecule has 1 aliphatic rings. The number of nitrogens with two attached hydrogens (primary N) is 1. The molecule has 0 radical (unpaired) electrons. The van der Waals surface area contributed by atoms with Gasteiger partial charge in [-0.05, 0) is 36.8 Å². The molecule has 0 saturated carbocycles. The van der Waals surface area contributed by atoms with E-state index in [1.54, 1.807) is 0 Å². The third-order valence-corrected chi connectivity index (χ3v) is 4.75. The molecule has 1 unspecified atom stereocenters. The molecule has 0 bridgehead atoms. The number of rotatable bonds is 5. The largest absolute Gasteiger partial charge is 0.379 e. The Labute approximate surface area is 159 Å². The Bertz CT molecular complexity index is 724. The molecule has 138 valence electrons. The SMILES string of the molecule is Cc1ccc(NC(N)=NCC(c2ccc(Cl)cc2)N2CCOCC2)cc1. The van der Waals surface area contributed by atoms with Gasteiger partial charge in [0.15, 0.2) is 5.96 Å². The number of halogens is 1. The normalized spacial score (nSPS) is 17.1. The molecule has 0 aliphatic carbocycles. The topological polar surface area (TPSA) is 62.9 Å². The van der Waals surface area contributed by atoms with Gasteiger partial charge in [-0.15, -0.1) is 0 Å². The number of guanidine groups is 1. The Morgan fingerprint density at radius 1 is 1.15 bits per heavy atom. The third-order valence-electron chi connectivity index (χ3n) is 4.50. The summed E-state index contributed by atoms with van der Waals surface area (Å²) in [4.78, 5) is 6.97. The van der Waals surface area contributed by atoms with Gasteiger partial charge in [0.2, 0.25) is 0 Å². The number of nitrogens with zero attached hydrogens (tertiary/aromatic N) is 2. The fourth-order valence-electron chi connectivity index (χ4n) is 3.01. The average Bonchev–Trinajstić information content (AvgIpc) is 2.66. The smallest absolute Gasteiger partial charge is 0.193 e. The minimum Gasteiger partial charge on any atom is -0.379 e. The Hall–Kier alpha value is -2.08. The Morgan fingerprint density at radius 3 is 2.46 bits per heavy atom. The molecule has 1 heterocycles. The van der Waals surface area contributed by atoms with Crippen molar-refractivity contribution in [3.8, 4) is 0 Å². The van der Waals surface area contributed by atoms with E-state index in [2.05, 4.69) is 34.3 Å². The maximum atomic E-state index is 6.10. The highest BCUT2D eigenvalue weighted by molar-refractivity contribution is 6.30. The van der Waals surface area contributed by atoms with Gasteiger partial charge >= 0.3 is 0 Å². The molecule has 0 spiro atoms. The van der Waals surface area contributed by atoms with E-state index in [4.69, 9.17) is 22.1 Å². The van der Waals surface area contributed by atoms with Crippen molar-refractivity contribution in [3.05, 3.63) is 64.7 Å². The monoisotopic (exact) mass is 372 g/mol. The van der Waals surface area contributed by atoms with Crippen LogP contribution in [0.15, 0.2) is 53.5 Å². The van der Waals surface area contributed by atoms with Crippen LogP contribution in [0.4, 0.5) is 5.69 Å². The van der Waals surface area contributed by atoms with Crippen molar-refractivity contribution in [1.82, 2.24) is 4.90 Å². The first-order valence-electron chi connectivity index (χ1n) is 8.83. The number of anilines is 1. The number of aliphatic imine (C=N–C) groups is 1. The van der Waals surface area contributed by atoms with Crippen LogP contribution in [0.1, 0.15) is 17.2 Å². The van der Waals surface area contributed by atoms with Crippen LogP contribution < -0.4 is 11.1 Å². The molecule has 6 heteroatoms. The number of hydrogen-bond donors (Lipinski definition) is 2. The molecule has 2 aromatic carbocycles. The van der Waals surface area contributed by atoms with E-state index in [0.717, 1.165) is 37.0 Å². The van der Waals surface area contributed by atoms with Crippen molar-refractivity contribution in [2.45, 2.75) is 13.0 Å². The van der Waals surface area contributed by atoms with Gasteiger partial charge < -0.3 is 15.8 Å². The van der Waals surface area contributed by atoms with Gasteiger partial charge in [0.1, 0.15) is 0 Å². The van der Waals surface area contributed by atoms with Gasteiger partial charge in [-0.2, -0.15) is 0 Å². The van der Waals surface area contributed by atoms with E-state index >= 15 is 0 Å². The highest BCUT2D eigenvalue weighted by Crippen LogP contribution is 2.24. The molecule has 1 atom stereocenters. The number of aryl methyl sites for hydroxylation is 1. The first-order chi connectivity index (χ1) is 12.6. The Kier molecular flexibility index (Phi) is 6.50.